The minimum atomic E-state index is -4.94. The summed E-state index contributed by atoms with van der Waals surface area (Å²) in [4.78, 5) is 2.49. The number of unbranched alkanes of at least 4 members (excludes halogenated alkanes) is 2. The van der Waals surface area contributed by atoms with Crippen LogP contribution in [0.4, 0.5) is 11.4 Å². The fourth-order valence-electron chi connectivity index (χ4n) is 1.77. The zero-order valence-electron chi connectivity index (χ0n) is 12.7. The zero-order chi connectivity index (χ0) is 16.3. The lowest BCUT2D eigenvalue weighted by atomic mass is 10.2. The highest BCUT2D eigenvalue weighted by molar-refractivity contribution is 5.50. The van der Waals surface area contributed by atoms with Gasteiger partial charge in [-0.25, -0.2) is 18.6 Å². The van der Waals surface area contributed by atoms with Crippen LogP contribution < -0.4 is 29.3 Å². The van der Waals surface area contributed by atoms with E-state index in [1.165, 1.54) is 44.5 Å². The van der Waals surface area contributed by atoms with Crippen molar-refractivity contribution in [3.8, 4) is 0 Å². The number of nitrogens with zero attached hydrogens (tertiary/aromatic N) is 1. The standard InChI is InChI=1S/C14H24N2.ClHO4/c1-3-5-11-16(12-6-4-2)14-9-7-13(15)8-10-14;2-1(3,4)5/h7-10H,3-6,11-12,15H2,1-2H3;(H,2,3,4,5). The van der Waals surface area contributed by atoms with Crippen LogP contribution in [0.2, 0.25) is 0 Å². The molecule has 0 aliphatic heterocycles. The molecule has 0 spiro atoms. The highest BCUT2D eigenvalue weighted by atomic mass is 35.7. The van der Waals surface area contributed by atoms with E-state index in [9.17, 15) is 0 Å². The first kappa shape index (κ1) is 20.1. The first-order valence-electron chi connectivity index (χ1n) is 7.06. The third-order valence-electron chi connectivity index (χ3n) is 2.86. The van der Waals surface area contributed by atoms with E-state index in [4.69, 9.17) is 18.6 Å². The Morgan fingerprint density at radius 1 is 0.905 bits per heavy atom. The lowest BCUT2D eigenvalue weighted by Gasteiger charge is -2.24. The Morgan fingerprint density at radius 2 is 1.29 bits per heavy atom. The lowest BCUT2D eigenvalue weighted by Crippen LogP contribution is -2.68. The van der Waals surface area contributed by atoms with Crippen LogP contribution in [0.15, 0.2) is 24.3 Å². The largest absolute Gasteiger partial charge is 0.372 e. The van der Waals surface area contributed by atoms with Crippen LogP contribution in [0.5, 0.6) is 0 Å². The van der Waals surface area contributed by atoms with E-state index in [1.807, 2.05) is 0 Å². The van der Waals surface area contributed by atoms with Crippen molar-refractivity contribution in [3.05, 3.63) is 24.3 Å². The summed E-state index contributed by atoms with van der Waals surface area (Å²) in [5, 5.41) is 0. The molecule has 0 unspecified atom stereocenters. The molecular formula is C14H25ClN2O4. The van der Waals surface area contributed by atoms with Crippen molar-refractivity contribution in [2.24, 2.45) is 0 Å². The molecule has 21 heavy (non-hydrogen) atoms. The minimum absolute atomic E-state index is 1.09. The van der Waals surface area contributed by atoms with Gasteiger partial charge in [0.25, 0.3) is 0 Å². The summed E-state index contributed by atoms with van der Waals surface area (Å²) in [6.45, 7) is 6.84. The predicted octanol–water partition coefficient (Wildman–Crippen LogP) is -1.79. The number of quaternary nitrogens is 1. The molecule has 1 aromatic carbocycles. The van der Waals surface area contributed by atoms with E-state index in [-0.39, 0.29) is 0 Å². The molecule has 0 fully saturated rings. The van der Waals surface area contributed by atoms with Gasteiger partial charge in [-0.15, -0.1) is 10.2 Å². The normalized spacial score (nSPS) is 10.8. The quantitative estimate of drug-likeness (QED) is 0.635. The number of hydrogen-bond acceptors (Lipinski definition) is 5. The van der Waals surface area contributed by atoms with Gasteiger partial charge in [-0.3, -0.25) is 0 Å². The van der Waals surface area contributed by atoms with Gasteiger partial charge in [0, 0.05) is 30.9 Å². The van der Waals surface area contributed by atoms with Crippen molar-refractivity contribution in [3.63, 3.8) is 0 Å². The van der Waals surface area contributed by atoms with Crippen LogP contribution >= 0.6 is 0 Å². The van der Waals surface area contributed by atoms with Gasteiger partial charge < -0.3 is 10.6 Å². The first-order chi connectivity index (χ1) is 9.77. The summed E-state index contributed by atoms with van der Waals surface area (Å²) in [7, 11) is -4.94. The smallest absolute Gasteiger partial charge is 0.128 e. The van der Waals surface area contributed by atoms with Gasteiger partial charge in [0.2, 0.25) is 0 Å². The molecule has 7 heteroatoms. The molecule has 1 aromatic rings. The minimum Gasteiger partial charge on any atom is -0.372 e. The third-order valence-corrected chi connectivity index (χ3v) is 2.86. The molecule has 0 saturated heterocycles. The van der Waals surface area contributed by atoms with Crippen molar-refractivity contribution >= 4 is 11.4 Å². The van der Waals surface area contributed by atoms with Gasteiger partial charge in [0.1, 0.15) is 5.69 Å². The summed E-state index contributed by atoms with van der Waals surface area (Å²) in [5.41, 5.74) is 6.36. The van der Waals surface area contributed by atoms with Crippen molar-refractivity contribution in [1.82, 2.24) is 0 Å². The average Bonchev–Trinajstić information content (AvgIpc) is 2.38. The Bertz CT molecular complexity index is 354. The Labute approximate surface area is 128 Å². The molecule has 0 atom stereocenters. The second-order valence-electron chi connectivity index (χ2n) is 4.74. The molecule has 0 heterocycles. The summed E-state index contributed by atoms with van der Waals surface area (Å²) in [6.07, 6.45) is 5.07. The molecule has 6 nitrogen and oxygen atoms in total. The average molecular weight is 321 g/mol. The highest BCUT2D eigenvalue weighted by Crippen LogP contribution is 2.17. The van der Waals surface area contributed by atoms with E-state index in [0.29, 0.717) is 0 Å². The maximum atomic E-state index is 8.49. The van der Waals surface area contributed by atoms with Crippen LogP contribution in [0, 0.1) is 10.2 Å². The van der Waals surface area contributed by atoms with Gasteiger partial charge in [0.05, 0.1) is 0 Å². The Hall–Kier alpha value is -0.890. The van der Waals surface area contributed by atoms with Crippen LogP contribution in [0.25, 0.3) is 0 Å². The zero-order valence-corrected chi connectivity index (χ0v) is 13.5. The molecule has 122 valence electrons. The number of anilines is 1. The maximum Gasteiger partial charge on any atom is 0.128 e. The van der Waals surface area contributed by atoms with Crippen LogP contribution in [-0.4, -0.2) is 13.1 Å². The van der Waals surface area contributed by atoms with E-state index in [2.05, 4.69) is 48.7 Å². The number of halogens is 1. The third kappa shape index (κ3) is 12.6. The second-order valence-corrected chi connectivity index (χ2v) is 5.49. The lowest BCUT2D eigenvalue weighted by molar-refractivity contribution is -2.00. The van der Waals surface area contributed by atoms with Crippen molar-refractivity contribution in [2.75, 3.05) is 18.0 Å². The van der Waals surface area contributed by atoms with E-state index in [1.54, 1.807) is 0 Å². The van der Waals surface area contributed by atoms with Gasteiger partial charge in [-0.05, 0) is 25.0 Å². The summed E-state index contributed by atoms with van der Waals surface area (Å²) >= 11 is 0. The predicted molar refractivity (Wildman–Crippen MR) is 71.0 cm³/mol. The molecule has 0 aliphatic rings. The van der Waals surface area contributed by atoms with Gasteiger partial charge in [-0.2, -0.15) is 0 Å². The molecule has 0 aliphatic carbocycles. The fourth-order valence-corrected chi connectivity index (χ4v) is 1.77. The molecule has 3 N–H and O–H groups in total. The molecule has 0 saturated carbocycles. The number of hydrogen-bond donors (Lipinski definition) is 1. The summed E-state index contributed by atoms with van der Waals surface area (Å²) < 4.78 is 34.0. The van der Waals surface area contributed by atoms with Gasteiger partial charge in [-0.1, -0.05) is 26.7 Å². The van der Waals surface area contributed by atoms with Gasteiger partial charge in [0.15, 0.2) is 0 Å². The van der Waals surface area contributed by atoms with Crippen LogP contribution in [-0.2, 0) is 0 Å². The molecule has 0 bridgehead atoms. The Balaban J connectivity index is 0.000000690. The molecule has 1 rings (SSSR count). The van der Waals surface area contributed by atoms with Crippen molar-refractivity contribution < 1.29 is 34.6 Å². The Kier molecular flexibility index (Phi) is 10.3. The Morgan fingerprint density at radius 3 is 1.62 bits per heavy atom. The van der Waals surface area contributed by atoms with Gasteiger partial charge >= 0.3 is 0 Å². The molecular weight excluding hydrogens is 296 g/mol. The molecule has 0 amide bonds. The van der Waals surface area contributed by atoms with E-state index >= 15 is 0 Å². The second kappa shape index (κ2) is 10.8. The monoisotopic (exact) mass is 320 g/mol. The van der Waals surface area contributed by atoms with Crippen molar-refractivity contribution in [1.29, 1.82) is 0 Å². The van der Waals surface area contributed by atoms with Crippen LogP contribution in [0.3, 0.4) is 0 Å². The van der Waals surface area contributed by atoms with E-state index in [0.717, 1.165) is 5.69 Å². The highest BCUT2D eigenvalue weighted by Gasteiger charge is 2.05. The summed E-state index contributed by atoms with van der Waals surface area (Å²) in [5.74, 6) is 0. The molecule has 0 radical (unpaired) electrons. The topological polar surface area (TPSA) is 123 Å². The maximum absolute atomic E-state index is 8.49. The molecule has 0 aromatic heterocycles. The van der Waals surface area contributed by atoms with Crippen LogP contribution in [0.1, 0.15) is 39.5 Å². The first-order valence-corrected chi connectivity index (χ1v) is 8.30. The number of benzene rings is 1. The van der Waals surface area contributed by atoms with Crippen molar-refractivity contribution in [2.45, 2.75) is 39.5 Å². The fraction of sp³-hybridized carbons (Fsp3) is 0.571. The SMILES string of the molecule is CCCCN(CCCC)c1ccc([NH3+])cc1.[O-][Cl+3]([O-])([O-])[O-]. The van der Waals surface area contributed by atoms with E-state index < -0.39 is 10.2 Å². The number of rotatable bonds is 7. The summed E-state index contributed by atoms with van der Waals surface area (Å²) in [6, 6.07) is 8.57.